The van der Waals surface area contributed by atoms with E-state index in [1.54, 1.807) is 0 Å². The number of pyridine rings is 2. The summed E-state index contributed by atoms with van der Waals surface area (Å²) in [4.78, 5) is 22.7. The molecular weight excluding hydrogens is 434 g/mol. The molecule has 2 aromatic carbocycles. The van der Waals surface area contributed by atoms with E-state index in [4.69, 9.17) is 5.73 Å². The zero-order valence-electron chi connectivity index (χ0n) is 20.5. The number of nitrogens with zero attached hydrogens (tertiary/aromatic N) is 4. The number of nitrogen functional groups attached to an aromatic ring is 1. The first kappa shape index (κ1) is 23.1. The van der Waals surface area contributed by atoms with Gasteiger partial charge in [0, 0.05) is 79.7 Å². The van der Waals surface area contributed by atoms with Crippen molar-refractivity contribution in [2.45, 2.75) is 38.9 Å². The Bertz CT molecular complexity index is 1400. The molecule has 1 saturated heterocycles. The van der Waals surface area contributed by atoms with Crippen LogP contribution in [-0.2, 0) is 20.1 Å². The molecule has 2 aromatic heterocycles. The third-order valence-electron chi connectivity index (χ3n) is 7.04. The van der Waals surface area contributed by atoms with Crippen molar-refractivity contribution in [3.05, 3.63) is 100 Å². The van der Waals surface area contributed by atoms with Gasteiger partial charge in [0.2, 0.25) is 0 Å². The van der Waals surface area contributed by atoms with Crippen molar-refractivity contribution >= 4 is 22.3 Å². The average Bonchev–Trinajstić information content (AvgIpc) is 2.87. The molecule has 0 saturated carbocycles. The van der Waals surface area contributed by atoms with Gasteiger partial charge in [-0.2, -0.15) is 0 Å². The minimum absolute atomic E-state index is 0.123. The Hall–Kier alpha value is -3.64. The maximum absolute atomic E-state index is 13.5. The van der Waals surface area contributed by atoms with Crippen LogP contribution in [0.3, 0.4) is 0 Å². The molecule has 180 valence electrons. The van der Waals surface area contributed by atoms with Crippen LogP contribution >= 0.6 is 0 Å². The summed E-state index contributed by atoms with van der Waals surface area (Å²) in [6.07, 6.45) is 6.07. The molecule has 0 radical (unpaired) electrons. The number of aromatic nitrogens is 2. The van der Waals surface area contributed by atoms with Crippen molar-refractivity contribution in [1.82, 2.24) is 14.5 Å². The van der Waals surface area contributed by atoms with Crippen molar-refractivity contribution in [2.24, 2.45) is 7.05 Å². The van der Waals surface area contributed by atoms with Crippen LogP contribution in [0.2, 0.25) is 0 Å². The molecule has 6 nitrogen and oxygen atoms in total. The number of benzene rings is 2. The maximum atomic E-state index is 13.5. The van der Waals surface area contributed by atoms with E-state index in [-0.39, 0.29) is 5.43 Å². The van der Waals surface area contributed by atoms with Crippen LogP contribution in [0.25, 0.3) is 10.9 Å². The van der Waals surface area contributed by atoms with E-state index >= 15 is 0 Å². The zero-order chi connectivity index (χ0) is 24.4. The molecule has 0 bridgehead atoms. The molecule has 1 atom stereocenters. The number of fused-ring (bicyclic) bond motifs is 1. The fourth-order valence-corrected chi connectivity index (χ4v) is 5.30. The number of aryl methyl sites for hydroxylation is 2. The van der Waals surface area contributed by atoms with Gasteiger partial charge in [0.15, 0.2) is 5.43 Å². The van der Waals surface area contributed by atoms with Crippen molar-refractivity contribution < 1.29 is 0 Å². The van der Waals surface area contributed by atoms with Crippen molar-refractivity contribution in [1.29, 1.82) is 0 Å². The van der Waals surface area contributed by atoms with Gasteiger partial charge in [0.05, 0.1) is 5.52 Å². The lowest BCUT2D eigenvalue weighted by atomic mass is 10.0. The Labute approximate surface area is 206 Å². The predicted octanol–water partition coefficient (Wildman–Crippen LogP) is 4.50. The summed E-state index contributed by atoms with van der Waals surface area (Å²) >= 11 is 0. The summed E-state index contributed by atoms with van der Waals surface area (Å²) in [5.41, 5.74) is 12.2. The molecule has 0 amide bonds. The number of anilines is 2. The smallest absolute Gasteiger partial charge is 0.193 e. The topological polar surface area (TPSA) is 67.4 Å². The second-order valence-corrected chi connectivity index (χ2v) is 9.66. The molecule has 0 unspecified atom stereocenters. The normalized spacial score (nSPS) is 16.2. The van der Waals surface area contributed by atoms with E-state index in [9.17, 15) is 4.79 Å². The second kappa shape index (κ2) is 9.92. The van der Waals surface area contributed by atoms with Crippen LogP contribution in [0.5, 0.6) is 0 Å². The van der Waals surface area contributed by atoms with E-state index in [0.29, 0.717) is 12.6 Å². The van der Waals surface area contributed by atoms with E-state index in [1.807, 2.05) is 62.8 Å². The quantitative estimate of drug-likeness (QED) is 0.423. The van der Waals surface area contributed by atoms with E-state index < -0.39 is 0 Å². The number of hydrogen-bond donors (Lipinski definition) is 1. The van der Waals surface area contributed by atoms with E-state index in [0.717, 1.165) is 66.0 Å². The van der Waals surface area contributed by atoms with E-state index in [1.165, 1.54) is 5.56 Å². The number of rotatable bonds is 6. The summed E-state index contributed by atoms with van der Waals surface area (Å²) in [6, 6.07) is 20.5. The van der Waals surface area contributed by atoms with Gasteiger partial charge in [0.1, 0.15) is 0 Å². The van der Waals surface area contributed by atoms with Gasteiger partial charge in [0.25, 0.3) is 0 Å². The molecule has 35 heavy (non-hydrogen) atoms. The highest BCUT2D eigenvalue weighted by Crippen LogP contribution is 2.26. The number of para-hydroxylation sites is 1. The van der Waals surface area contributed by atoms with Crippen LogP contribution < -0.4 is 16.1 Å². The largest absolute Gasteiger partial charge is 0.399 e. The van der Waals surface area contributed by atoms with Crippen LogP contribution in [0, 0.1) is 6.92 Å². The van der Waals surface area contributed by atoms with Gasteiger partial charge in [-0.1, -0.05) is 18.2 Å². The average molecular weight is 468 g/mol. The lowest BCUT2D eigenvalue weighted by Gasteiger charge is -2.40. The first-order chi connectivity index (χ1) is 17.0. The van der Waals surface area contributed by atoms with Gasteiger partial charge < -0.3 is 15.2 Å². The van der Waals surface area contributed by atoms with Crippen molar-refractivity contribution in [3.8, 4) is 0 Å². The van der Waals surface area contributed by atoms with Gasteiger partial charge in [-0.25, -0.2) is 0 Å². The lowest BCUT2D eigenvalue weighted by Crippen LogP contribution is -2.48. The second-order valence-electron chi connectivity index (χ2n) is 9.66. The van der Waals surface area contributed by atoms with Gasteiger partial charge in [-0.05, 0) is 67.8 Å². The van der Waals surface area contributed by atoms with Crippen LogP contribution in [0.4, 0.5) is 11.4 Å². The summed E-state index contributed by atoms with van der Waals surface area (Å²) < 4.78 is 2.07. The summed E-state index contributed by atoms with van der Waals surface area (Å²) in [7, 11) is 2.02. The van der Waals surface area contributed by atoms with E-state index in [2.05, 4.69) is 43.6 Å². The Balaban J connectivity index is 1.48. The minimum Gasteiger partial charge on any atom is -0.399 e. The third-order valence-corrected chi connectivity index (χ3v) is 7.04. The Morgan fingerprint density at radius 1 is 1.09 bits per heavy atom. The lowest BCUT2D eigenvalue weighted by molar-refractivity contribution is 0.158. The first-order valence-electron chi connectivity index (χ1n) is 12.3. The van der Waals surface area contributed by atoms with Crippen LogP contribution in [-0.4, -0.2) is 33.6 Å². The highest BCUT2D eigenvalue weighted by atomic mass is 16.1. The predicted molar refractivity (Wildman–Crippen MR) is 143 cm³/mol. The summed E-state index contributed by atoms with van der Waals surface area (Å²) in [5.74, 6) is 0. The van der Waals surface area contributed by atoms with Gasteiger partial charge >= 0.3 is 0 Å². The van der Waals surface area contributed by atoms with Crippen molar-refractivity contribution in [2.75, 3.05) is 23.7 Å². The number of piperidine rings is 1. The summed E-state index contributed by atoms with van der Waals surface area (Å²) in [6.45, 7) is 5.32. The first-order valence-corrected chi connectivity index (χ1v) is 12.3. The molecule has 6 heteroatoms. The molecule has 2 N–H and O–H groups in total. The van der Waals surface area contributed by atoms with Crippen LogP contribution in [0.15, 0.2) is 77.9 Å². The fraction of sp³-hybridized carbons (Fsp3) is 0.310. The fourth-order valence-electron chi connectivity index (χ4n) is 5.30. The molecule has 5 rings (SSSR count). The zero-order valence-corrected chi connectivity index (χ0v) is 20.5. The SMILES string of the molecule is Cc1cc(CN(Cc2cn(C)c3ccccc3c2=O)[C@H]2CCCN(c3cccc(N)c3)C2)ccn1. The molecule has 1 fully saturated rings. The third kappa shape index (κ3) is 5.08. The molecule has 1 aliphatic heterocycles. The monoisotopic (exact) mass is 467 g/mol. The molecule has 0 spiro atoms. The minimum atomic E-state index is 0.123. The number of hydrogen-bond acceptors (Lipinski definition) is 5. The van der Waals surface area contributed by atoms with Crippen LogP contribution in [0.1, 0.15) is 29.7 Å². The number of nitrogens with two attached hydrogens (primary N) is 1. The van der Waals surface area contributed by atoms with Gasteiger partial charge in [-0.15, -0.1) is 0 Å². The highest BCUT2D eigenvalue weighted by molar-refractivity contribution is 5.79. The maximum Gasteiger partial charge on any atom is 0.193 e. The highest BCUT2D eigenvalue weighted by Gasteiger charge is 2.27. The standard InChI is InChI=1S/C29H33N5O/c1-21-15-22(12-13-31-21)17-34(19-23-18-32(2)28-11-4-3-10-27(28)29(23)35)26-9-6-14-33(20-26)25-8-5-7-24(30)16-25/h3-5,7-8,10-13,15-16,18,26H,6,9,14,17,19-20,30H2,1-2H3/t26-/m0/s1. The Morgan fingerprint density at radius 3 is 2.77 bits per heavy atom. The molecular formula is C29H33N5O. The molecule has 4 aromatic rings. The molecule has 0 aliphatic carbocycles. The summed E-state index contributed by atoms with van der Waals surface area (Å²) in [5, 5.41) is 0.775. The molecule has 1 aliphatic rings. The Kier molecular flexibility index (Phi) is 6.55. The van der Waals surface area contributed by atoms with Crippen molar-refractivity contribution in [3.63, 3.8) is 0 Å². The molecule has 3 heterocycles. The van der Waals surface area contributed by atoms with Gasteiger partial charge in [-0.3, -0.25) is 14.7 Å². The Morgan fingerprint density at radius 2 is 1.94 bits per heavy atom.